The highest BCUT2D eigenvalue weighted by Gasteiger charge is 2.35. The van der Waals surface area contributed by atoms with Crippen molar-refractivity contribution in [2.45, 2.75) is 56.9 Å². The molecule has 1 aromatic carbocycles. The Hall–Kier alpha value is -2.80. The molecule has 2 aliphatic rings. The van der Waals surface area contributed by atoms with Crippen LogP contribution >= 0.6 is 0 Å². The van der Waals surface area contributed by atoms with Crippen LogP contribution in [0.1, 0.15) is 56.4 Å². The molecule has 0 saturated heterocycles. The standard InChI is InChI=1S/C26H33FN4O2/c27-20-10-8-17(9-11-20)22-2-1-3-23(22)26(33)30-16-24(28)18-4-6-19(7-5-18)25(32)31-21-12-14-29-15-13-21/h8-15,18-19,22-24H,1-7,16,28H2,(H,30,33)(H,29,31,32)/t18?,19?,22?,23?,24-/m1/s1. The number of aromatic nitrogens is 1. The Morgan fingerprint density at radius 2 is 1.67 bits per heavy atom. The molecule has 1 aromatic heterocycles. The van der Waals surface area contributed by atoms with E-state index in [0.29, 0.717) is 12.5 Å². The molecule has 6 nitrogen and oxygen atoms in total. The van der Waals surface area contributed by atoms with Crippen LogP contribution in [0.5, 0.6) is 0 Å². The summed E-state index contributed by atoms with van der Waals surface area (Å²) in [6, 6.07) is 9.96. The van der Waals surface area contributed by atoms with Gasteiger partial charge in [0.25, 0.3) is 0 Å². The van der Waals surface area contributed by atoms with Gasteiger partial charge in [-0.15, -0.1) is 0 Å². The van der Waals surface area contributed by atoms with Gasteiger partial charge in [-0.3, -0.25) is 14.6 Å². The topological polar surface area (TPSA) is 97.1 Å². The fourth-order valence-corrected chi connectivity index (χ4v) is 5.39. The van der Waals surface area contributed by atoms with Crippen molar-refractivity contribution in [1.29, 1.82) is 0 Å². The number of amides is 2. The Bertz CT molecular complexity index is 929. The van der Waals surface area contributed by atoms with Crippen molar-refractivity contribution in [2.24, 2.45) is 23.5 Å². The van der Waals surface area contributed by atoms with Crippen LogP contribution in [0, 0.1) is 23.6 Å². The predicted molar refractivity (Wildman–Crippen MR) is 126 cm³/mol. The van der Waals surface area contributed by atoms with Gasteiger partial charge in [-0.1, -0.05) is 18.6 Å². The molecule has 0 aliphatic heterocycles. The predicted octanol–water partition coefficient (Wildman–Crippen LogP) is 3.99. The number of carbonyl (C=O) groups is 2. The number of pyridine rings is 1. The second-order valence-electron chi connectivity index (χ2n) is 9.44. The number of carbonyl (C=O) groups excluding carboxylic acids is 2. The Kier molecular flexibility index (Phi) is 7.70. The molecule has 0 bridgehead atoms. The van der Waals surface area contributed by atoms with Crippen LogP contribution in [0.25, 0.3) is 0 Å². The van der Waals surface area contributed by atoms with Gasteiger partial charge >= 0.3 is 0 Å². The summed E-state index contributed by atoms with van der Waals surface area (Å²) in [5, 5.41) is 6.04. The SMILES string of the molecule is N[C@H](CNC(=O)C1CCCC1c1ccc(F)cc1)C1CCC(C(=O)Nc2ccncc2)CC1. The summed E-state index contributed by atoms with van der Waals surface area (Å²) in [7, 11) is 0. The number of hydrogen-bond acceptors (Lipinski definition) is 4. The Labute approximate surface area is 194 Å². The molecule has 3 atom stereocenters. The van der Waals surface area contributed by atoms with E-state index in [1.54, 1.807) is 36.7 Å². The zero-order chi connectivity index (χ0) is 23.2. The summed E-state index contributed by atoms with van der Waals surface area (Å²) in [6.07, 6.45) is 9.48. The number of hydrogen-bond donors (Lipinski definition) is 3. The molecule has 2 aromatic rings. The van der Waals surface area contributed by atoms with Crippen molar-refractivity contribution >= 4 is 17.5 Å². The molecule has 2 amide bonds. The molecule has 2 aliphatic carbocycles. The summed E-state index contributed by atoms with van der Waals surface area (Å²) >= 11 is 0. The first-order valence-electron chi connectivity index (χ1n) is 12.0. The molecule has 4 rings (SSSR count). The maximum atomic E-state index is 13.3. The lowest BCUT2D eigenvalue weighted by atomic mass is 9.78. The van der Waals surface area contributed by atoms with Crippen molar-refractivity contribution in [3.63, 3.8) is 0 Å². The Balaban J connectivity index is 1.22. The molecule has 1 heterocycles. The molecule has 2 saturated carbocycles. The number of nitrogens with one attached hydrogen (secondary N) is 2. The summed E-state index contributed by atoms with van der Waals surface area (Å²) in [4.78, 5) is 29.4. The highest BCUT2D eigenvalue weighted by Crippen LogP contribution is 2.40. The number of halogens is 1. The van der Waals surface area contributed by atoms with E-state index >= 15 is 0 Å². The van der Waals surface area contributed by atoms with Gasteiger partial charge in [-0.05, 0) is 80.2 Å². The first kappa shape index (κ1) is 23.4. The Morgan fingerprint density at radius 3 is 2.36 bits per heavy atom. The maximum Gasteiger partial charge on any atom is 0.227 e. The smallest absolute Gasteiger partial charge is 0.227 e. The third-order valence-electron chi connectivity index (χ3n) is 7.36. The maximum absolute atomic E-state index is 13.3. The number of anilines is 1. The molecule has 33 heavy (non-hydrogen) atoms. The molecular weight excluding hydrogens is 419 g/mol. The third-order valence-corrected chi connectivity index (χ3v) is 7.36. The first-order valence-corrected chi connectivity index (χ1v) is 12.0. The van der Waals surface area contributed by atoms with Crippen LogP contribution in [0.4, 0.5) is 10.1 Å². The average Bonchev–Trinajstić information content (AvgIpc) is 3.33. The first-order chi connectivity index (χ1) is 16.0. The number of nitrogens with zero attached hydrogens (tertiary/aromatic N) is 1. The summed E-state index contributed by atoms with van der Waals surface area (Å²) < 4.78 is 13.3. The largest absolute Gasteiger partial charge is 0.354 e. The van der Waals surface area contributed by atoms with Gasteiger partial charge in [0.1, 0.15) is 5.82 Å². The summed E-state index contributed by atoms with van der Waals surface area (Å²) in [6.45, 7) is 0.448. The van der Waals surface area contributed by atoms with Crippen molar-refractivity contribution in [2.75, 3.05) is 11.9 Å². The minimum Gasteiger partial charge on any atom is -0.354 e. The molecule has 2 unspecified atom stereocenters. The lowest BCUT2D eigenvalue weighted by molar-refractivity contribution is -0.125. The minimum absolute atomic E-state index is 0.00818. The van der Waals surface area contributed by atoms with Crippen LogP contribution < -0.4 is 16.4 Å². The molecule has 2 fully saturated rings. The van der Waals surface area contributed by atoms with Crippen LogP contribution in [0.15, 0.2) is 48.8 Å². The van der Waals surface area contributed by atoms with E-state index in [1.165, 1.54) is 12.1 Å². The van der Waals surface area contributed by atoms with Crippen LogP contribution in [-0.2, 0) is 9.59 Å². The summed E-state index contributed by atoms with van der Waals surface area (Å²) in [5.74, 6) is 0.176. The minimum atomic E-state index is -0.256. The molecule has 176 valence electrons. The Morgan fingerprint density at radius 1 is 0.970 bits per heavy atom. The lowest BCUT2D eigenvalue weighted by Crippen LogP contribution is -2.45. The fraction of sp³-hybridized carbons (Fsp3) is 0.500. The van der Waals surface area contributed by atoms with Gasteiger partial charge in [0.2, 0.25) is 11.8 Å². The molecule has 0 spiro atoms. The molecule has 7 heteroatoms. The highest BCUT2D eigenvalue weighted by molar-refractivity contribution is 5.92. The van der Waals surface area contributed by atoms with Gasteiger partial charge in [0, 0.05) is 42.5 Å². The van der Waals surface area contributed by atoms with E-state index in [1.807, 2.05) is 0 Å². The number of rotatable bonds is 7. The van der Waals surface area contributed by atoms with Crippen molar-refractivity contribution < 1.29 is 14.0 Å². The van der Waals surface area contributed by atoms with Crippen LogP contribution in [0.2, 0.25) is 0 Å². The molecular formula is C26H33FN4O2. The quantitative estimate of drug-likeness (QED) is 0.592. The third kappa shape index (κ3) is 5.96. The van der Waals surface area contributed by atoms with Crippen LogP contribution in [0.3, 0.4) is 0 Å². The average molecular weight is 453 g/mol. The lowest BCUT2D eigenvalue weighted by Gasteiger charge is -2.32. The van der Waals surface area contributed by atoms with Gasteiger partial charge in [0.05, 0.1) is 0 Å². The van der Waals surface area contributed by atoms with E-state index in [4.69, 9.17) is 5.73 Å². The van der Waals surface area contributed by atoms with Crippen molar-refractivity contribution in [3.8, 4) is 0 Å². The monoisotopic (exact) mass is 452 g/mol. The zero-order valence-electron chi connectivity index (χ0n) is 18.9. The van der Waals surface area contributed by atoms with Crippen molar-refractivity contribution in [1.82, 2.24) is 10.3 Å². The van der Waals surface area contributed by atoms with Crippen LogP contribution in [-0.4, -0.2) is 29.4 Å². The second-order valence-corrected chi connectivity index (χ2v) is 9.44. The molecule has 4 N–H and O–H groups in total. The van der Waals surface area contributed by atoms with E-state index in [9.17, 15) is 14.0 Å². The van der Waals surface area contributed by atoms with E-state index in [2.05, 4.69) is 15.6 Å². The van der Waals surface area contributed by atoms with Gasteiger partial charge in [-0.25, -0.2) is 4.39 Å². The number of benzene rings is 1. The van der Waals surface area contributed by atoms with Gasteiger partial charge in [-0.2, -0.15) is 0 Å². The second kappa shape index (κ2) is 10.9. The van der Waals surface area contributed by atoms with Gasteiger partial charge in [0.15, 0.2) is 0 Å². The van der Waals surface area contributed by atoms with E-state index < -0.39 is 0 Å². The van der Waals surface area contributed by atoms with Gasteiger partial charge < -0.3 is 16.4 Å². The van der Waals surface area contributed by atoms with E-state index in [-0.39, 0.29) is 41.4 Å². The summed E-state index contributed by atoms with van der Waals surface area (Å²) in [5.41, 5.74) is 8.23. The molecule has 0 radical (unpaired) electrons. The highest BCUT2D eigenvalue weighted by atomic mass is 19.1. The fourth-order valence-electron chi connectivity index (χ4n) is 5.39. The van der Waals surface area contributed by atoms with Crippen molar-refractivity contribution in [3.05, 3.63) is 60.2 Å². The number of nitrogens with two attached hydrogens (primary N) is 1. The zero-order valence-corrected chi connectivity index (χ0v) is 18.9. The normalized spacial score (nSPS) is 25.9. The van der Waals surface area contributed by atoms with E-state index in [0.717, 1.165) is 56.2 Å².